The first kappa shape index (κ1) is 15.5. The Bertz CT molecular complexity index is 919. The van der Waals surface area contributed by atoms with E-state index in [0.29, 0.717) is 17.4 Å². The molecule has 25 heavy (non-hydrogen) atoms. The second kappa shape index (κ2) is 6.47. The zero-order valence-electron chi connectivity index (χ0n) is 13.9. The fourth-order valence-corrected chi connectivity index (χ4v) is 2.96. The third-order valence-electron chi connectivity index (χ3n) is 4.14. The van der Waals surface area contributed by atoms with Crippen LogP contribution in [-0.2, 0) is 11.3 Å². The van der Waals surface area contributed by atoms with Gasteiger partial charge in [0.25, 0.3) is 5.91 Å². The van der Waals surface area contributed by atoms with Crippen molar-refractivity contribution in [2.45, 2.75) is 26.0 Å². The third kappa shape index (κ3) is 2.91. The lowest BCUT2D eigenvalue weighted by molar-refractivity contribution is -0.125. The van der Waals surface area contributed by atoms with Crippen LogP contribution in [0.15, 0.2) is 48.5 Å². The molecule has 6 heteroatoms. The number of hydrogen-bond acceptors (Lipinski definition) is 4. The highest BCUT2D eigenvalue weighted by molar-refractivity contribution is 5.95. The average Bonchev–Trinajstić information content (AvgIpc) is 2.99. The van der Waals surface area contributed by atoms with Crippen LogP contribution in [0.3, 0.4) is 0 Å². The van der Waals surface area contributed by atoms with Gasteiger partial charge in [0.05, 0.1) is 11.0 Å². The number of fused-ring (bicyclic) bond motifs is 2. The van der Waals surface area contributed by atoms with E-state index in [-0.39, 0.29) is 12.5 Å². The Labute approximate surface area is 145 Å². The van der Waals surface area contributed by atoms with E-state index in [0.717, 1.165) is 24.0 Å². The summed E-state index contributed by atoms with van der Waals surface area (Å²) in [6, 6.07) is 15.2. The highest BCUT2D eigenvalue weighted by Gasteiger charge is 2.28. The quantitative estimate of drug-likeness (QED) is 0.794. The van der Waals surface area contributed by atoms with Gasteiger partial charge in [-0.05, 0) is 30.7 Å². The number of ether oxygens (including phenoxy) is 2. The number of imidazole rings is 1. The van der Waals surface area contributed by atoms with Gasteiger partial charge >= 0.3 is 0 Å². The predicted octanol–water partition coefficient (Wildman–Crippen LogP) is 3.22. The minimum absolute atomic E-state index is 0.177. The molecule has 0 radical (unpaired) electrons. The van der Waals surface area contributed by atoms with Gasteiger partial charge in [0.15, 0.2) is 11.5 Å². The SMILES string of the molecule is CCCn1c(NC(=O)[C@@H]2COc3ccccc3O2)nc2ccccc21. The molecule has 0 bridgehead atoms. The van der Waals surface area contributed by atoms with E-state index in [1.54, 1.807) is 6.07 Å². The molecule has 1 aromatic heterocycles. The summed E-state index contributed by atoms with van der Waals surface area (Å²) >= 11 is 0. The Hall–Kier alpha value is -3.02. The van der Waals surface area contributed by atoms with Crippen LogP contribution in [-0.4, -0.2) is 28.2 Å². The fourth-order valence-electron chi connectivity index (χ4n) is 2.96. The minimum Gasteiger partial charge on any atom is -0.485 e. The van der Waals surface area contributed by atoms with E-state index in [9.17, 15) is 4.79 Å². The van der Waals surface area contributed by atoms with Crippen molar-refractivity contribution >= 4 is 22.9 Å². The zero-order chi connectivity index (χ0) is 17.2. The van der Waals surface area contributed by atoms with E-state index in [1.165, 1.54) is 0 Å². The number of nitrogens with zero attached hydrogens (tertiary/aromatic N) is 2. The molecule has 2 aromatic carbocycles. The van der Waals surface area contributed by atoms with Crippen LogP contribution in [0.25, 0.3) is 11.0 Å². The van der Waals surface area contributed by atoms with Gasteiger partial charge in [-0.2, -0.15) is 0 Å². The number of nitrogens with one attached hydrogen (secondary N) is 1. The van der Waals surface area contributed by atoms with Crippen LogP contribution in [0.4, 0.5) is 5.95 Å². The number of benzene rings is 2. The van der Waals surface area contributed by atoms with E-state index in [1.807, 2.05) is 47.0 Å². The van der Waals surface area contributed by atoms with E-state index < -0.39 is 6.10 Å². The van der Waals surface area contributed by atoms with Crippen LogP contribution in [0.5, 0.6) is 11.5 Å². The van der Waals surface area contributed by atoms with E-state index in [2.05, 4.69) is 17.2 Å². The summed E-state index contributed by atoms with van der Waals surface area (Å²) in [5.41, 5.74) is 1.86. The van der Waals surface area contributed by atoms with Crippen molar-refractivity contribution < 1.29 is 14.3 Å². The molecule has 3 aromatic rings. The Kier molecular flexibility index (Phi) is 4.01. The van der Waals surface area contributed by atoms with Crippen molar-refractivity contribution in [3.8, 4) is 11.5 Å². The maximum absolute atomic E-state index is 12.6. The van der Waals surface area contributed by atoms with Crippen LogP contribution in [0.2, 0.25) is 0 Å². The van der Waals surface area contributed by atoms with Crippen LogP contribution in [0, 0.1) is 0 Å². The standard InChI is InChI=1S/C19H19N3O3/c1-2-11-22-14-8-4-3-7-13(14)20-19(22)21-18(23)17-12-24-15-9-5-6-10-16(15)25-17/h3-10,17H,2,11-12H2,1H3,(H,20,21,23)/t17-/m0/s1. The van der Waals surface area contributed by atoms with Crippen LogP contribution in [0.1, 0.15) is 13.3 Å². The number of hydrogen-bond donors (Lipinski definition) is 1. The number of aryl methyl sites for hydroxylation is 1. The largest absolute Gasteiger partial charge is 0.485 e. The molecule has 1 aliphatic rings. The van der Waals surface area contributed by atoms with Gasteiger partial charge in [0.2, 0.25) is 12.1 Å². The highest BCUT2D eigenvalue weighted by Crippen LogP contribution is 2.31. The molecular formula is C19H19N3O3. The maximum Gasteiger partial charge on any atom is 0.271 e. The molecule has 128 valence electrons. The Morgan fingerprint density at radius 1 is 1.20 bits per heavy atom. The van der Waals surface area contributed by atoms with Crippen molar-refractivity contribution in [3.05, 3.63) is 48.5 Å². The third-order valence-corrected chi connectivity index (χ3v) is 4.14. The number of amides is 1. The number of aromatic nitrogens is 2. The number of anilines is 1. The molecule has 4 rings (SSSR count). The number of carbonyl (C=O) groups is 1. The lowest BCUT2D eigenvalue weighted by Gasteiger charge is -2.25. The Morgan fingerprint density at radius 2 is 1.96 bits per heavy atom. The van der Waals surface area contributed by atoms with Gasteiger partial charge in [-0.3, -0.25) is 10.1 Å². The molecule has 0 spiro atoms. The van der Waals surface area contributed by atoms with Gasteiger partial charge in [-0.1, -0.05) is 31.2 Å². The Morgan fingerprint density at radius 3 is 2.80 bits per heavy atom. The normalized spacial score (nSPS) is 16.0. The summed E-state index contributed by atoms with van der Waals surface area (Å²) in [6.07, 6.45) is 0.240. The number of para-hydroxylation sites is 4. The first-order chi connectivity index (χ1) is 12.3. The van der Waals surface area contributed by atoms with Gasteiger partial charge in [0.1, 0.15) is 6.61 Å². The summed E-state index contributed by atoms with van der Waals surface area (Å²) in [5, 5.41) is 2.89. The monoisotopic (exact) mass is 337 g/mol. The smallest absolute Gasteiger partial charge is 0.271 e. The second-order valence-corrected chi connectivity index (χ2v) is 5.93. The fraction of sp³-hybridized carbons (Fsp3) is 0.263. The molecule has 1 N–H and O–H groups in total. The minimum atomic E-state index is -0.704. The second-order valence-electron chi connectivity index (χ2n) is 5.93. The van der Waals surface area contributed by atoms with Gasteiger partial charge < -0.3 is 14.0 Å². The molecule has 0 aliphatic carbocycles. The first-order valence-corrected chi connectivity index (χ1v) is 8.41. The summed E-state index contributed by atoms with van der Waals surface area (Å²) < 4.78 is 13.4. The topological polar surface area (TPSA) is 65.4 Å². The van der Waals surface area contributed by atoms with Crippen molar-refractivity contribution in [2.75, 3.05) is 11.9 Å². The average molecular weight is 337 g/mol. The summed E-state index contributed by atoms with van der Waals surface area (Å²) in [4.78, 5) is 17.2. The lowest BCUT2D eigenvalue weighted by atomic mass is 10.2. The summed E-state index contributed by atoms with van der Waals surface area (Å²) in [5.74, 6) is 1.51. The molecule has 0 unspecified atom stereocenters. The molecule has 1 atom stereocenters. The molecule has 1 amide bonds. The molecular weight excluding hydrogens is 318 g/mol. The van der Waals surface area contributed by atoms with Gasteiger partial charge in [0, 0.05) is 6.54 Å². The van der Waals surface area contributed by atoms with Crippen molar-refractivity contribution in [1.82, 2.24) is 9.55 Å². The van der Waals surface area contributed by atoms with Crippen molar-refractivity contribution in [1.29, 1.82) is 0 Å². The van der Waals surface area contributed by atoms with Crippen LogP contribution < -0.4 is 14.8 Å². The predicted molar refractivity (Wildman–Crippen MR) is 95.0 cm³/mol. The molecule has 0 saturated carbocycles. The lowest BCUT2D eigenvalue weighted by Crippen LogP contribution is -2.40. The maximum atomic E-state index is 12.6. The molecule has 2 heterocycles. The molecule has 0 fully saturated rings. The van der Waals surface area contributed by atoms with Crippen LogP contribution >= 0.6 is 0 Å². The van der Waals surface area contributed by atoms with Gasteiger partial charge in [-0.25, -0.2) is 4.98 Å². The number of rotatable bonds is 4. The zero-order valence-corrected chi connectivity index (χ0v) is 13.9. The summed E-state index contributed by atoms with van der Waals surface area (Å²) in [6.45, 7) is 3.05. The van der Waals surface area contributed by atoms with Gasteiger partial charge in [-0.15, -0.1) is 0 Å². The highest BCUT2D eigenvalue weighted by atomic mass is 16.6. The van der Waals surface area contributed by atoms with Crippen molar-refractivity contribution in [2.24, 2.45) is 0 Å². The first-order valence-electron chi connectivity index (χ1n) is 8.41. The molecule has 0 saturated heterocycles. The Balaban J connectivity index is 1.57. The van der Waals surface area contributed by atoms with Crippen molar-refractivity contribution in [3.63, 3.8) is 0 Å². The van der Waals surface area contributed by atoms with E-state index >= 15 is 0 Å². The summed E-state index contributed by atoms with van der Waals surface area (Å²) in [7, 11) is 0. The molecule has 6 nitrogen and oxygen atoms in total. The number of carbonyl (C=O) groups excluding carboxylic acids is 1. The van der Waals surface area contributed by atoms with E-state index in [4.69, 9.17) is 9.47 Å². The molecule has 1 aliphatic heterocycles.